The van der Waals surface area contributed by atoms with Crippen LogP contribution in [0.5, 0.6) is 0 Å². The number of nitrogens with zero attached hydrogens (tertiary/aromatic N) is 4. The number of benzene rings is 2. The topological polar surface area (TPSA) is 69.8 Å². The van der Waals surface area contributed by atoms with Crippen LogP contribution in [0.1, 0.15) is 11.4 Å². The molecule has 0 aliphatic heterocycles. The highest BCUT2D eigenvalue weighted by Gasteiger charge is 2.23. The number of aromatic nitrogens is 4. The molecule has 0 radical (unpaired) electrons. The second-order valence-corrected chi connectivity index (χ2v) is 7.70. The Kier molecular flexibility index (Phi) is 2.57. The van der Waals surface area contributed by atoms with Crippen molar-refractivity contribution in [2.24, 2.45) is 14.1 Å². The molecule has 0 unspecified atom stereocenters. The average Bonchev–Trinajstić information content (AvgIpc) is 2.66. The monoisotopic (exact) mass is 368 g/mol. The molecule has 0 bridgehead atoms. The van der Waals surface area contributed by atoms with Gasteiger partial charge in [-0.1, -0.05) is 0 Å². The molecule has 4 heterocycles. The van der Waals surface area contributed by atoms with Crippen molar-refractivity contribution in [2.45, 2.75) is 13.8 Å². The van der Waals surface area contributed by atoms with E-state index in [1.807, 2.05) is 38.1 Å². The van der Waals surface area contributed by atoms with Crippen molar-refractivity contribution < 1.29 is 0 Å². The number of hydrogen-bond acceptors (Lipinski definition) is 4. The predicted octanol–water partition coefficient (Wildman–Crippen LogP) is 3.13. The molecule has 0 spiro atoms. The smallest absolute Gasteiger partial charge is 0.259 e. The minimum Gasteiger partial charge on any atom is -0.295 e. The summed E-state index contributed by atoms with van der Waals surface area (Å²) in [4.78, 5) is 35.7. The maximum atomic E-state index is 13.2. The molecule has 0 fully saturated rings. The van der Waals surface area contributed by atoms with E-state index in [1.165, 1.54) is 0 Å². The number of rotatable bonds is 0. The van der Waals surface area contributed by atoms with Crippen LogP contribution in [0.15, 0.2) is 33.9 Å². The van der Waals surface area contributed by atoms with E-state index in [2.05, 4.69) is 9.97 Å². The molecule has 0 amide bonds. The summed E-state index contributed by atoms with van der Waals surface area (Å²) >= 11 is 0. The lowest BCUT2D eigenvalue weighted by Crippen LogP contribution is -2.22. The fourth-order valence-electron chi connectivity index (χ4n) is 4.72. The third-order valence-electron chi connectivity index (χ3n) is 5.91. The fourth-order valence-corrected chi connectivity index (χ4v) is 4.72. The van der Waals surface area contributed by atoms with E-state index >= 15 is 0 Å². The Bertz CT molecular complexity index is 1610. The van der Waals surface area contributed by atoms with Crippen molar-refractivity contribution in [1.82, 2.24) is 19.1 Å². The van der Waals surface area contributed by atoms with Gasteiger partial charge in [0.15, 0.2) is 0 Å². The van der Waals surface area contributed by atoms with Gasteiger partial charge in [0.2, 0.25) is 0 Å². The summed E-state index contributed by atoms with van der Waals surface area (Å²) in [5, 5.41) is 6.57. The van der Waals surface area contributed by atoms with Crippen LogP contribution in [0.4, 0.5) is 0 Å². The van der Waals surface area contributed by atoms with Gasteiger partial charge in [-0.3, -0.25) is 18.7 Å². The summed E-state index contributed by atoms with van der Waals surface area (Å²) in [5.74, 6) is 0. The van der Waals surface area contributed by atoms with Crippen molar-refractivity contribution in [1.29, 1.82) is 0 Å². The molecule has 0 aliphatic carbocycles. The van der Waals surface area contributed by atoms with Gasteiger partial charge in [0.05, 0.1) is 0 Å². The van der Waals surface area contributed by atoms with E-state index in [4.69, 9.17) is 0 Å². The molecular weight excluding hydrogens is 352 g/mol. The van der Waals surface area contributed by atoms with Crippen molar-refractivity contribution in [3.05, 3.63) is 56.4 Å². The van der Waals surface area contributed by atoms with Gasteiger partial charge in [0.25, 0.3) is 11.1 Å². The van der Waals surface area contributed by atoms with Crippen LogP contribution >= 0.6 is 0 Å². The van der Waals surface area contributed by atoms with Crippen molar-refractivity contribution in [3.8, 4) is 0 Å². The molecule has 0 saturated carbocycles. The molecule has 0 N–H and O–H groups in total. The van der Waals surface area contributed by atoms with Gasteiger partial charge in [-0.05, 0) is 48.9 Å². The maximum Gasteiger partial charge on any atom is 0.259 e. The quantitative estimate of drug-likeness (QED) is 0.305. The summed E-state index contributed by atoms with van der Waals surface area (Å²) in [6.45, 7) is 3.80. The summed E-state index contributed by atoms with van der Waals surface area (Å²) in [7, 11) is 3.51. The predicted molar refractivity (Wildman–Crippen MR) is 112 cm³/mol. The lowest BCUT2D eigenvalue weighted by molar-refractivity contribution is 0.893. The van der Waals surface area contributed by atoms with Crippen molar-refractivity contribution in [2.75, 3.05) is 0 Å². The first-order chi connectivity index (χ1) is 13.4. The zero-order valence-corrected chi connectivity index (χ0v) is 15.9. The van der Waals surface area contributed by atoms with Gasteiger partial charge in [0.1, 0.15) is 11.3 Å². The van der Waals surface area contributed by atoms with E-state index in [1.54, 1.807) is 23.2 Å². The lowest BCUT2D eigenvalue weighted by atomic mass is 9.91. The summed E-state index contributed by atoms with van der Waals surface area (Å²) in [6, 6.07) is 7.82. The fraction of sp³-hybridized carbons (Fsp3) is 0.182. The molecule has 28 heavy (non-hydrogen) atoms. The number of hydrogen-bond donors (Lipinski definition) is 0. The second kappa shape index (κ2) is 4.65. The summed E-state index contributed by atoms with van der Waals surface area (Å²) in [5.41, 5.74) is 2.71. The Labute approximate surface area is 158 Å². The van der Waals surface area contributed by atoms with Crippen LogP contribution in [0.2, 0.25) is 0 Å². The van der Waals surface area contributed by atoms with E-state index in [9.17, 15) is 9.59 Å². The highest BCUT2D eigenvalue weighted by atomic mass is 16.1. The zero-order valence-electron chi connectivity index (χ0n) is 15.9. The van der Waals surface area contributed by atoms with Gasteiger partial charge in [-0.25, -0.2) is 9.97 Å². The van der Waals surface area contributed by atoms with Crippen molar-refractivity contribution >= 4 is 54.4 Å². The first kappa shape index (κ1) is 15.5. The van der Waals surface area contributed by atoms with Crippen LogP contribution in [0, 0.1) is 13.8 Å². The average molecular weight is 368 g/mol. The summed E-state index contributed by atoms with van der Waals surface area (Å²) < 4.78 is 3.22. The van der Waals surface area contributed by atoms with Gasteiger partial charge in [-0.15, -0.1) is 0 Å². The minimum atomic E-state index is -0.103. The highest BCUT2D eigenvalue weighted by molar-refractivity contribution is 6.34. The number of pyridine rings is 4. The van der Waals surface area contributed by atoms with Gasteiger partial charge in [-0.2, -0.15) is 0 Å². The minimum absolute atomic E-state index is 0.103. The summed E-state index contributed by atoms with van der Waals surface area (Å²) in [6.07, 6.45) is 0. The van der Waals surface area contributed by atoms with Crippen LogP contribution in [0.3, 0.4) is 0 Å². The molecule has 0 aliphatic rings. The third kappa shape index (κ3) is 1.60. The second-order valence-electron chi connectivity index (χ2n) is 7.70. The van der Waals surface area contributed by atoms with E-state index in [0.717, 1.165) is 43.7 Å². The Morgan fingerprint density at radius 2 is 1.04 bits per heavy atom. The van der Waals surface area contributed by atoms with Crippen LogP contribution in [-0.4, -0.2) is 19.1 Å². The Morgan fingerprint density at radius 3 is 1.43 bits per heavy atom. The molecule has 136 valence electrons. The SMILES string of the molecule is Cc1cc2cc3c(=O)n(C)c4nc(C)cc5cc6c(=O)n(C)c(n1)c2c6c3c54. The first-order valence-corrected chi connectivity index (χ1v) is 9.15. The van der Waals surface area contributed by atoms with Crippen molar-refractivity contribution in [3.63, 3.8) is 0 Å². The van der Waals surface area contributed by atoms with E-state index in [-0.39, 0.29) is 11.1 Å². The molecule has 6 heteroatoms. The standard InChI is InChI=1S/C22H16N4O2/c1-9-5-11-7-13-18-16-12(6-10(2)24-20(16)26(4)22(13)28)8-14-17(18)15(11)19(23-9)25(3)21(14)27/h5-8H,1-4H3. The Morgan fingerprint density at radius 1 is 0.643 bits per heavy atom. The van der Waals surface area contributed by atoms with Gasteiger partial charge in [0, 0.05) is 57.8 Å². The molecule has 0 atom stereocenters. The normalized spacial score (nSPS) is 12.6. The zero-order chi connectivity index (χ0) is 19.5. The Balaban J connectivity index is 2.17. The lowest BCUT2D eigenvalue weighted by Gasteiger charge is -2.19. The van der Waals surface area contributed by atoms with Gasteiger partial charge >= 0.3 is 0 Å². The van der Waals surface area contributed by atoms with E-state index in [0.29, 0.717) is 22.1 Å². The maximum absolute atomic E-state index is 13.2. The molecule has 4 aromatic heterocycles. The van der Waals surface area contributed by atoms with Crippen LogP contribution in [0.25, 0.3) is 54.4 Å². The molecule has 6 nitrogen and oxygen atoms in total. The number of aryl methyl sites for hydroxylation is 4. The molecule has 0 saturated heterocycles. The first-order valence-electron chi connectivity index (χ1n) is 9.15. The third-order valence-corrected chi connectivity index (χ3v) is 5.91. The Hall–Kier alpha value is -3.54. The van der Waals surface area contributed by atoms with Crippen LogP contribution < -0.4 is 11.1 Å². The molecule has 6 rings (SSSR count). The molecule has 2 aromatic carbocycles. The molecule has 6 aromatic rings. The van der Waals surface area contributed by atoms with E-state index < -0.39 is 0 Å². The molecular formula is C22H16N4O2. The highest BCUT2D eigenvalue weighted by Crippen LogP contribution is 2.40. The van der Waals surface area contributed by atoms with Gasteiger partial charge < -0.3 is 0 Å². The van der Waals surface area contributed by atoms with Crippen LogP contribution in [-0.2, 0) is 14.1 Å². The largest absolute Gasteiger partial charge is 0.295 e.